The fraction of sp³-hybridized carbons (Fsp3) is 0.706. The van der Waals surface area contributed by atoms with Crippen LogP contribution in [0, 0.1) is 6.92 Å². The van der Waals surface area contributed by atoms with Gasteiger partial charge in [0, 0.05) is 43.7 Å². The Hall–Kier alpha value is -1.10. The minimum atomic E-state index is -0.458. The molecule has 148 valence electrons. The van der Waals surface area contributed by atoms with E-state index in [9.17, 15) is 4.79 Å². The molecule has 1 aromatic rings. The van der Waals surface area contributed by atoms with Crippen LogP contribution in [0.1, 0.15) is 37.6 Å². The first kappa shape index (κ1) is 22.9. The zero-order chi connectivity index (χ0) is 18.4. The van der Waals surface area contributed by atoms with Crippen molar-refractivity contribution in [1.82, 2.24) is 20.5 Å². The molecule has 1 amide bonds. The second kappa shape index (κ2) is 10.3. The van der Waals surface area contributed by atoms with Gasteiger partial charge in [-0.1, -0.05) is 0 Å². The van der Waals surface area contributed by atoms with Crippen LogP contribution in [-0.4, -0.2) is 59.8 Å². The lowest BCUT2D eigenvalue weighted by Crippen LogP contribution is -2.63. The largest absolute Gasteiger partial charge is 0.444 e. The number of likely N-dealkylation sites (tertiary alicyclic amines) is 1. The number of halogens is 1. The number of aromatic nitrogens is 1. The molecule has 1 fully saturated rings. The Morgan fingerprint density at radius 2 is 2.15 bits per heavy atom. The molecule has 2 heterocycles. The number of nitrogens with zero attached hydrogens (tertiary/aromatic N) is 3. The number of aryl methyl sites for hydroxylation is 1. The number of amides is 1. The van der Waals surface area contributed by atoms with Crippen LogP contribution in [0.3, 0.4) is 0 Å². The molecular formula is C17H30IN5O2S. The number of guanidine groups is 1. The monoisotopic (exact) mass is 495 g/mol. The maximum Gasteiger partial charge on any atom is 0.410 e. The topological polar surface area (TPSA) is 78.9 Å². The first-order valence-corrected chi connectivity index (χ1v) is 9.52. The third kappa shape index (κ3) is 7.65. The molecule has 0 bridgehead atoms. The highest BCUT2D eigenvalue weighted by Gasteiger charge is 2.34. The van der Waals surface area contributed by atoms with E-state index in [4.69, 9.17) is 4.74 Å². The number of carbonyl (C=O) groups excluding carboxylic acids is 1. The zero-order valence-corrected chi connectivity index (χ0v) is 19.3. The summed E-state index contributed by atoms with van der Waals surface area (Å²) >= 11 is 1.71. The van der Waals surface area contributed by atoms with Crippen molar-refractivity contribution < 1.29 is 9.53 Å². The number of thiazole rings is 1. The van der Waals surface area contributed by atoms with Gasteiger partial charge in [0.05, 0.1) is 11.0 Å². The maximum absolute atomic E-state index is 12.0. The van der Waals surface area contributed by atoms with Crippen molar-refractivity contribution in [3.8, 4) is 0 Å². The van der Waals surface area contributed by atoms with Crippen LogP contribution < -0.4 is 10.6 Å². The Labute approximate surface area is 177 Å². The Morgan fingerprint density at radius 3 is 2.69 bits per heavy atom. The van der Waals surface area contributed by atoms with E-state index in [0.29, 0.717) is 19.6 Å². The van der Waals surface area contributed by atoms with E-state index in [1.54, 1.807) is 16.2 Å². The van der Waals surface area contributed by atoms with Crippen molar-refractivity contribution in [2.45, 2.75) is 52.7 Å². The third-order valence-corrected chi connectivity index (χ3v) is 4.46. The molecule has 0 aromatic carbocycles. The number of ether oxygens (including phenoxy) is 1. The van der Waals surface area contributed by atoms with Crippen LogP contribution in [0.5, 0.6) is 0 Å². The molecule has 0 radical (unpaired) electrons. The summed E-state index contributed by atoms with van der Waals surface area (Å²) in [6.07, 6.45) is 2.47. The highest BCUT2D eigenvalue weighted by Crippen LogP contribution is 2.15. The molecule has 26 heavy (non-hydrogen) atoms. The average Bonchev–Trinajstić information content (AvgIpc) is 2.85. The highest BCUT2D eigenvalue weighted by atomic mass is 127. The number of rotatable bonds is 5. The fourth-order valence-electron chi connectivity index (χ4n) is 2.34. The van der Waals surface area contributed by atoms with Gasteiger partial charge in [-0.3, -0.25) is 4.99 Å². The van der Waals surface area contributed by atoms with E-state index < -0.39 is 5.60 Å². The molecule has 1 aliphatic heterocycles. The molecule has 7 nitrogen and oxygen atoms in total. The van der Waals surface area contributed by atoms with Gasteiger partial charge in [0.15, 0.2) is 5.96 Å². The minimum absolute atomic E-state index is 0. The average molecular weight is 495 g/mol. The molecule has 1 saturated heterocycles. The predicted molar refractivity (Wildman–Crippen MR) is 117 cm³/mol. The van der Waals surface area contributed by atoms with E-state index >= 15 is 0 Å². The van der Waals surface area contributed by atoms with E-state index in [1.807, 2.05) is 33.9 Å². The van der Waals surface area contributed by atoms with E-state index in [0.717, 1.165) is 23.9 Å². The predicted octanol–water partition coefficient (Wildman–Crippen LogP) is 2.79. The van der Waals surface area contributed by atoms with Crippen molar-refractivity contribution in [3.05, 3.63) is 16.1 Å². The molecule has 0 saturated carbocycles. The second-order valence-electron chi connectivity index (χ2n) is 7.10. The Bertz CT molecular complexity index is 609. The van der Waals surface area contributed by atoms with Gasteiger partial charge in [-0.2, -0.15) is 0 Å². The van der Waals surface area contributed by atoms with Crippen molar-refractivity contribution >= 4 is 47.4 Å². The molecule has 0 aliphatic carbocycles. The Balaban J connectivity index is 0.00000338. The quantitative estimate of drug-likeness (QED) is 0.373. The summed E-state index contributed by atoms with van der Waals surface area (Å²) in [5, 5.41) is 7.72. The van der Waals surface area contributed by atoms with Gasteiger partial charge in [-0.15, -0.1) is 35.3 Å². The summed E-state index contributed by atoms with van der Waals surface area (Å²) < 4.78 is 5.37. The van der Waals surface area contributed by atoms with E-state index in [1.165, 1.54) is 4.88 Å². The molecule has 2 rings (SSSR count). The Kier molecular flexibility index (Phi) is 9.08. The summed E-state index contributed by atoms with van der Waals surface area (Å²) in [5.41, 5.74) is -0.458. The SMILES string of the molecule is CCNC(=NCCc1ncc(C)s1)NC1CN(C(=O)OC(C)(C)C)C1.I. The van der Waals surface area contributed by atoms with Crippen molar-refractivity contribution in [1.29, 1.82) is 0 Å². The van der Waals surface area contributed by atoms with Crippen LogP contribution >= 0.6 is 35.3 Å². The summed E-state index contributed by atoms with van der Waals surface area (Å²) in [6, 6.07) is 0.201. The first-order valence-electron chi connectivity index (χ1n) is 8.71. The van der Waals surface area contributed by atoms with Gasteiger partial charge in [-0.25, -0.2) is 9.78 Å². The van der Waals surface area contributed by atoms with Gasteiger partial charge < -0.3 is 20.3 Å². The second-order valence-corrected chi connectivity index (χ2v) is 8.42. The van der Waals surface area contributed by atoms with Crippen molar-refractivity contribution in [3.63, 3.8) is 0 Å². The van der Waals surface area contributed by atoms with Gasteiger partial charge in [-0.05, 0) is 34.6 Å². The number of hydrogen-bond acceptors (Lipinski definition) is 5. The van der Waals surface area contributed by atoms with E-state index in [-0.39, 0.29) is 36.1 Å². The number of carbonyl (C=O) groups is 1. The fourth-order valence-corrected chi connectivity index (χ4v) is 3.11. The molecular weight excluding hydrogens is 465 g/mol. The molecule has 0 atom stereocenters. The van der Waals surface area contributed by atoms with Gasteiger partial charge in [0.25, 0.3) is 0 Å². The lowest BCUT2D eigenvalue weighted by Gasteiger charge is -2.40. The van der Waals surface area contributed by atoms with Crippen molar-refractivity contribution in [2.24, 2.45) is 4.99 Å². The van der Waals surface area contributed by atoms with Crippen molar-refractivity contribution in [2.75, 3.05) is 26.2 Å². The lowest BCUT2D eigenvalue weighted by atomic mass is 10.1. The number of aliphatic imine (C=N–C) groups is 1. The molecule has 2 N–H and O–H groups in total. The normalized spacial score (nSPS) is 15.1. The third-order valence-electron chi connectivity index (χ3n) is 3.48. The van der Waals surface area contributed by atoms with Crippen LogP contribution in [-0.2, 0) is 11.2 Å². The number of nitrogens with one attached hydrogen (secondary N) is 2. The molecule has 0 spiro atoms. The zero-order valence-electron chi connectivity index (χ0n) is 16.2. The van der Waals surface area contributed by atoms with E-state index in [2.05, 4.69) is 27.5 Å². The van der Waals surface area contributed by atoms with Gasteiger partial charge in [0.2, 0.25) is 0 Å². The molecule has 9 heteroatoms. The molecule has 1 aliphatic rings. The van der Waals surface area contributed by atoms with Crippen LogP contribution in [0.25, 0.3) is 0 Å². The summed E-state index contributed by atoms with van der Waals surface area (Å²) in [6.45, 7) is 12.5. The summed E-state index contributed by atoms with van der Waals surface area (Å²) in [4.78, 5) is 23.8. The van der Waals surface area contributed by atoms with Gasteiger partial charge >= 0.3 is 6.09 Å². The van der Waals surface area contributed by atoms with Gasteiger partial charge in [0.1, 0.15) is 5.60 Å². The smallest absolute Gasteiger partial charge is 0.410 e. The summed E-state index contributed by atoms with van der Waals surface area (Å²) in [7, 11) is 0. The standard InChI is InChI=1S/C17H29N5O2S.HI/c1-6-18-15(19-8-7-14-20-9-12(2)25-14)21-13-10-22(11-13)16(23)24-17(3,4)5;/h9,13H,6-8,10-11H2,1-5H3,(H2,18,19,21);1H. The maximum atomic E-state index is 12.0. The summed E-state index contributed by atoms with van der Waals surface area (Å²) in [5.74, 6) is 0.782. The number of hydrogen-bond donors (Lipinski definition) is 2. The van der Waals surface area contributed by atoms with Crippen LogP contribution in [0.2, 0.25) is 0 Å². The molecule has 1 aromatic heterocycles. The van der Waals surface area contributed by atoms with Crippen LogP contribution in [0.4, 0.5) is 4.79 Å². The molecule has 0 unspecified atom stereocenters. The highest BCUT2D eigenvalue weighted by molar-refractivity contribution is 14.0. The lowest BCUT2D eigenvalue weighted by molar-refractivity contribution is 0.00701. The Morgan fingerprint density at radius 1 is 1.46 bits per heavy atom. The first-order chi connectivity index (χ1) is 11.8. The minimum Gasteiger partial charge on any atom is -0.444 e. The van der Waals surface area contributed by atoms with Crippen LogP contribution in [0.15, 0.2) is 11.2 Å².